The van der Waals surface area contributed by atoms with Crippen molar-refractivity contribution in [3.63, 3.8) is 0 Å². The Morgan fingerprint density at radius 1 is 0.880 bits per heavy atom. The highest BCUT2D eigenvalue weighted by atomic mass is 16.5. The number of ether oxygens (including phenoxy) is 2. The molecular weight excluding hydrogens is 630 g/mol. The third-order valence-electron chi connectivity index (χ3n) is 9.77. The van der Waals surface area contributed by atoms with Crippen molar-refractivity contribution >= 4 is 28.5 Å². The topological polar surface area (TPSA) is 110 Å². The lowest BCUT2D eigenvalue weighted by molar-refractivity contribution is -0.138. The fraction of sp³-hybridized carbons (Fsp3) is 0.300. The number of carbonyl (C=O) groups is 2. The molecule has 2 amide bonds. The van der Waals surface area contributed by atoms with Crippen molar-refractivity contribution < 1.29 is 24.2 Å². The van der Waals surface area contributed by atoms with Crippen molar-refractivity contribution in [1.29, 1.82) is 0 Å². The number of carboxylic acid groups (broad SMARTS) is 1. The highest BCUT2D eigenvalue weighted by Crippen LogP contribution is 2.37. The minimum atomic E-state index is -0.915. The van der Waals surface area contributed by atoms with E-state index in [1.807, 2.05) is 96.3 Å². The molecule has 2 aliphatic rings. The van der Waals surface area contributed by atoms with Crippen molar-refractivity contribution in [3.05, 3.63) is 114 Å². The Hall–Kier alpha value is -5.64. The Morgan fingerprint density at radius 3 is 2.26 bits per heavy atom. The van der Waals surface area contributed by atoms with Gasteiger partial charge in [0.1, 0.15) is 18.9 Å². The molecule has 1 N–H and O–H groups in total. The Kier molecular flexibility index (Phi) is 9.51. The largest absolute Gasteiger partial charge is 0.473 e. The molecule has 0 bridgehead atoms. The van der Waals surface area contributed by atoms with E-state index >= 15 is 0 Å². The fourth-order valence-electron chi connectivity index (χ4n) is 6.96. The first kappa shape index (κ1) is 32.9. The molecule has 0 saturated carbocycles. The molecule has 5 aromatic rings. The van der Waals surface area contributed by atoms with Crippen LogP contribution < -0.4 is 9.47 Å². The number of nitrogens with zero attached hydrogens (tertiary/aromatic N) is 5. The van der Waals surface area contributed by atoms with Gasteiger partial charge in [-0.15, -0.1) is 0 Å². The van der Waals surface area contributed by atoms with E-state index in [0.29, 0.717) is 57.6 Å². The van der Waals surface area contributed by atoms with Crippen molar-refractivity contribution in [3.8, 4) is 23.0 Å². The van der Waals surface area contributed by atoms with Gasteiger partial charge < -0.3 is 24.4 Å². The van der Waals surface area contributed by atoms with Gasteiger partial charge in [0, 0.05) is 50.6 Å². The number of fused-ring (bicyclic) bond motifs is 1. The molecule has 4 heterocycles. The second-order valence-electron chi connectivity index (χ2n) is 13.1. The van der Waals surface area contributed by atoms with Crippen LogP contribution in [-0.2, 0) is 25.1 Å². The van der Waals surface area contributed by atoms with Crippen LogP contribution in [0.25, 0.3) is 27.7 Å². The molecule has 2 aliphatic heterocycles. The number of aromatic nitrogens is 3. The van der Waals surface area contributed by atoms with Crippen LogP contribution >= 0.6 is 0 Å². The molecule has 1 saturated heterocycles. The van der Waals surface area contributed by atoms with Crippen LogP contribution in [0.4, 0.5) is 4.79 Å². The van der Waals surface area contributed by atoms with Crippen molar-refractivity contribution in [2.24, 2.45) is 18.9 Å². The molecule has 2 aromatic heterocycles. The molecule has 256 valence electrons. The third kappa shape index (κ3) is 7.05. The summed E-state index contributed by atoms with van der Waals surface area (Å²) in [5.41, 5.74) is 6.92. The van der Waals surface area contributed by atoms with Crippen molar-refractivity contribution in [2.75, 3.05) is 26.2 Å². The SMILES string of the molecule is C[C@H]1CN(C(=O)O)CC[C@@H]1C(=O)N1CC=C(c2ccc3c(-c4ccc(OCc5ccccc5)nc4OCc4ccccc4)nn(C)c3c2)CC1. The Labute approximate surface area is 291 Å². The van der Waals surface area contributed by atoms with Gasteiger partial charge in [0.05, 0.1) is 11.1 Å². The summed E-state index contributed by atoms with van der Waals surface area (Å²) in [5.74, 6) is 0.896. The summed E-state index contributed by atoms with van der Waals surface area (Å²) in [7, 11) is 1.94. The van der Waals surface area contributed by atoms with Gasteiger partial charge in [-0.1, -0.05) is 79.7 Å². The van der Waals surface area contributed by atoms with Gasteiger partial charge in [0.15, 0.2) is 0 Å². The van der Waals surface area contributed by atoms with E-state index in [4.69, 9.17) is 19.6 Å². The van der Waals surface area contributed by atoms with Gasteiger partial charge in [-0.3, -0.25) is 9.48 Å². The number of amides is 2. The van der Waals surface area contributed by atoms with Crippen LogP contribution in [0.2, 0.25) is 0 Å². The van der Waals surface area contributed by atoms with E-state index in [9.17, 15) is 14.7 Å². The summed E-state index contributed by atoms with van der Waals surface area (Å²) in [5, 5.41) is 15.3. The van der Waals surface area contributed by atoms with Gasteiger partial charge in [0.25, 0.3) is 0 Å². The molecule has 1 fully saturated rings. The number of benzene rings is 3. The molecule has 0 spiro atoms. The number of piperidine rings is 1. The van der Waals surface area contributed by atoms with E-state index in [0.717, 1.165) is 45.3 Å². The predicted molar refractivity (Wildman–Crippen MR) is 192 cm³/mol. The van der Waals surface area contributed by atoms with E-state index in [-0.39, 0.29) is 17.7 Å². The number of likely N-dealkylation sites (tertiary alicyclic amines) is 1. The van der Waals surface area contributed by atoms with Crippen LogP contribution in [0, 0.1) is 11.8 Å². The first-order chi connectivity index (χ1) is 24.3. The second-order valence-corrected chi connectivity index (χ2v) is 13.1. The maximum absolute atomic E-state index is 13.4. The zero-order valence-corrected chi connectivity index (χ0v) is 28.4. The van der Waals surface area contributed by atoms with Crippen LogP contribution in [-0.4, -0.2) is 67.9 Å². The van der Waals surface area contributed by atoms with Crippen LogP contribution in [0.5, 0.6) is 11.8 Å². The zero-order valence-electron chi connectivity index (χ0n) is 28.4. The van der Waals surface area contributed by atoms with E-state index in [1.165, 1.54) is 10.5 Å². The number of pyridine rings is 1. The monoisotopic (exact) mass is 671 g/mol. The van der Waals surface area contributed by atoms with E-state index in [2.05, 4.69) is 24.3 Å². The smallest absolute Gasteiger partial charge is 0.407 e. The molecule has 0 aliphatic carbocycles. The summed E-state index contributed by atoms with van der Waals surface area (Å²) in [6, 6.07) is 30.2. The molecule has 3 aromatic carbocycles. The minimum absolute atomic E-state index is 0.00311. The van der Waals surface area contributed by atoms with Crippen molar-refractivity contribution in [1.82, 2.24) is 24.6 Å². The number of hydrogen-bond acceptors (Lipinski definition) is 6. The Balaban J connectivity index is 1.11. The summed E-state index contributed by atoms with van der Waals surface area (Å²) < 4.78 is 14.3. The Morgan fingerprint density at radius 2 is 1.60 bits per heavy atom. The zero-order chi connectivity index (χ0) is 34.6. The quantitative estimate of drug-likeness (QED) is 0.179. The summed E-state index contributed by atoms with van der Waals surface area (Å²) in [6.45, 7) is 4.71. The maximum atomic E-state index is 13.4. The lowest BCUT2D eigenvalue weighted by atomic mass is 9.85. The predicted octanol–water partition coefficient (Wildman–Crippen LogP) is 7.05. The lowest BCUT2D eigenvalue weighted by Gasteiger charge is -2.38. The lowest BCUT2D eigenvalue weighted by Crippen LogP contribution is -2.49. The second kappa shape index (κ2) is 14.5. The standard InChI is InChI=1S/C40H41N5O5/c1-27-24-45(40(47)48)22-19-32(27)39(46)44-20-17-30(18-21-44)31-13-14-33-35(23-31)43(2)42-37(33)34-15-16-36(49-25-28-9-5-3-6-10-28)41-38(34)50-26-29-11-7-4-8-12-29/h3-17,23,27,32H,18-22,24-26H2,1-2H3,(H,47,48)/t27-,32-/m0/s1. The third-order valence-corrected chi connectivity index (χ3v) is 9.77. The molecule has 10 nitrogen and oxygen atoms in total. The Bertz CT molecular complexity index is 2030. The highest BCUT2D eigenvalue weighted by molar-refractivity contribution is 5.96. The minimum Gasteiger partial charge on any atom is -0.473 e. The average molecular weight is 672 g/mol. The molecule has 50 heavy (non-hydrogen) atoms. The molecular formula is C40H41N5O5. The molecule has 0 radical (unpaired) electrons. The van der Waals surface area contributed by atoms with Crippen LogP contribution in [0.15, 0.2) is 97.1 Å². The average Bonchev–Trinajstić information content (AvgIpc) is 3.48. The molecule has 7 rings (SSSR count). The molecule has 2 atom stereocenters. The van der Waals surface area contributed by atoms with Gasteiger partial charge in [-0.25, -0.2) is 4.79 Å². The summed E-state index contributed by atoms with van der Waals surface area (Å²) >= 11 is 0. The fourth-order valence-corrected chi connectivity index (χ4v) is 6.96. The van der Waals surface area contributed by atoms with E-state index < -0.39 is 6.09 Å². The normalized spacial score (nSPS) is 17.8. The van der Waals surface area contributed by atoms with Gasteiger partial charge in [-0.2, -0.15) is 10.1 Å². The van der Waals surface area contributed by atoms with E-state index in [1.54, 1.807) is 0 Å². The first-order valence-corrected chi connectivity index (χ1v) is 17.1. The summed E-state index contributed by atoms with van der Waals surface area (Å²) in [6.07, 6.45) is 2.54. The highest BCUT2D eigenvalue weighted by Gasteiger charge is 2.35. The number of rotatable bonds is 9. The van der Waals surface area contributed by atoms with Gasteiger partial charge in [-0.05, 0) is 59.2 Å². The number of carbonyl (C=O) groups excluding carboxylic acids is 1. The molecule has 10 heteroatoms. The van der Waals surface area contributed by atoms with Crippen molar-refractivity contribution in [2.45, 2.75) is 33.0 Å². The van der Waals surface area contributed by atoms with Gasteiger partial charge in [0.2, 0.25) is 17.7 Å². The summed E-state index contributed by atoms with van der Waals surface area (Å²) in [4.78, 5) is 32.9. The van der Waals surface area contributed by atoms with Gasteiger partial charge >= 0.3 is 6.09 Å². The van der Waals surface area contributed by atoms with Crippen LogP contribution in [0.1, 0.15) is 36.5 Å². The van der Waals surface area contributed by atoms with Crippen LogP contribution in [0.3, 0.4) is 0 Å². The number of aryl methyl sites for hydroxylation is 1. The number of hydrogen-bond donors (Lipinski definition) is 1. The molecule has 0 unspecified atom stereocenters. The maximum Gasteiger partial charge on any atom is 0.407 e. The first-order valence-electron chi connectivity index (χ1n) is 17.1.